The molecule has 0 aliphatic heterocycles. The van der Waals surface area contributed by atoms with Crippen molar-refractivity contribution in [3.8, 4) is 11.5 Å². The number of carbonyl (C=O) groups is 1. The largest absolute Gasteiger partial charge is 0.493 e. The van der Waals surface area contributed by atoms with E-state index in [1.165, 1.54) is 30.4 Å². The molecule has 1 amide bonds. The third-order valence-electron chi connectivity index (χ3n) is 5.38. The van der Waals surface area contributed by atoms with Crippen molar-refractivity contribution in [3.63, 3.8) is 0 Å². The summed E-state index contributed by atoms with van der Waals surface area (Å²) in [6, 6.07) is 11.6. The SMILES string of the molecule is COc1ccc(NC(=O)c2ccc3c(c2)CCC3)cc1OC1CCCC1. The Bertz CT molecular complexity index is 809. The van der Waals surface area contributed by atoms with E-state index in [-0.39, 0.29) is 12.0 Å². The van der Waals surface area contributed by atoms with Gasteiger partial charge in [0.1, 0.15) is 0 Å². The van der Waals surface area contributed by atoms with Crippen molar-refractivity contribution >= 4 is 11.6 Å². The molecule has 0 saturated heterocycles. The molecule has 4 heteroatoms. The van der Waals surface area contributed by atoms with Crippen LogP contribution in [0.15, 0.2) is 36.4 Å². The molecule has 0 spiro atoms. The topological polar surface area (TPSA) is 47.6 Å². The molecular formula is C22H25NO3. The summed E-state index contributed by atoms with van der Waals surface area (Å²) >= 11 is 0. The van der Waals surface area contributed by atoms with Gasteiger partial charge >= 0.3 is 0 Å². The molecule has 0 heterocycles. The summed E-state index contributed by atoms with van der Waals surface area (Å²) < 4.78 is 11.5. The molecule has 26 heavy (non-hydrogen) atoms. The molecule has 4 rings (SSSR count). The highest BCUT2D eigenvalue weighted by Crippen LogP contribution is 2.34. The Morgan fingerprint density at radius 1 is 0.962 bits per heavy atom. The lowest BCUT2D eigenvalue weighted by atomic mass is 10.1. The van der Waals surface area contributed by atoms with Gasteiger partial charge in [-0.1, -0.05) is 6.07 Å². The fraction of sp³-hybridized carbons (Fsp3) is 0.409. The number of amides is 1. The van der Waals surface area contributed by atoms with Gasteiger partial charge < -0.3 is 14.8 Å². The first-order valence-electron chi connectivity index (χ1n) is 9.51. The molecule has 2 aromatic carbocycles. The van der Waals surface area contributed by atoms with Crippen molar-refractivity contribution in [1.82, 2.24) is 0 Å². The van der Waals surface area contributed by atoms with E-state index in [1.807, 2.05) is 30.3 Å². The maximum absolute atomic E-state index is 12.6. The molecule has 2 aliphatic carbocycles. The average molecular weight is 351 g/mol. The second kappa shape index (κ2) is 7.40. The van der Waals surface area contributed by atoms with E-state index >= 15 is 0 Å². The normalized spacial score (nSPS) is 16.3. The van der Waals surface area contributed by atoms with Crippen LogP contribution in [0.2, 0.25) is 0 Å². The maximum Gasteiger partial charge on any atom is 0.255 e. The Labute approximate surface area is 154 Å². The number of benzene rings is 2. The molecule has 0 bridgehead atoms. The van der Waals surface area contributed by atoms with Gasteiger partial charge in [-0.15, -0.1) is 0 Å². The van der Waals surface area contributed by atoms with Crippen LogP contribution in [0.1, 0.15) is 53.6 Å². The molecule has 0 aromatic heterocycles. The zero-order chi connectivity index (χ0) is 17.9. The first-order valence-corrected chi connectivity index (χ1v) is 9.51. The van der Waals surface area contributed by atoms with E-state index in [1.54, 1.807) is 7.11 Å². The smallest absolute Gasteiger partial charge is 0.255 e. The molecule has 4 nitrogen and oxygen atoms in total. The average Bonchev–Trinajstić information content (AvgIpc) is 3.32. The number of carbonyl (C=O) groups excluding carboxylic acids is 1. The Morgan fingerprint density at radius 2 is 1.77 bits per heavy atom. The van der Waals surface area contributed by atoms with E-state index in [4.69, 9.17) is 9.47 Å². The Hall–Kier alpha value is -2.49. The predicted octanol–water partition coefficient (Wildman–Crippen LogP) is 4.76. The quantitative estimate of drug-likeness (QED) is 0.845. The molecule has 2 aromatic rings. The van der Waals surface area contributed by atoms with Crippen molar-refractivity contribution in [2.45, 2.75) is 51.0 Å². The van der Waals surface area contributed by atoms with Crippen molar-refractivity contribution < 1.29 is 14.3 Å². The highest BCUT2D eigenvalue weighted by Gasteiger charge is 2.19. The van der Waals surface area contributed by atoms with Crippen LogP contribution < -0.4 is 14.8 Å². The Balaban J connectivity index is 1.51. The summed E-state index contributed by atoms with van der Waals surface area (Å²) in [7, 11) is 1.64. The van der Waals surface area contributed by atoms with Crippen LogP contribution in [-0.2, 0) is 12.8 Å². The van der Waals surface area contributed by atoms with Crippen LogP contribution in [0, 0.1) is 0 Å². The van der Waals surface area contributed by atoms with Gasteiger partial charge in [0.2, 0.25) is 0 Å². The van der Waals surface area contributed by atoms with Crippen molar-refractivity contribution in [3.05, 3.63) is 53.1 Å². The number of hydrogen-bond donors (Lipinski definition) is 1. The van der Waals surface area contributed by atoms with Gasteiger partial charge in [0, 0.05) is 17.3 Å². The maximum atomic E-state index is 12.6. The molecule has 1 N–H and O–H groups in total. The predicted molar refractivity (Wildman–Crippen MR) is 102 cm³/mol. The third-order valence-corrected chi connectivity index (χ3v) is 5.38. The van der Waals surface area contributed by atoms with Gasteiger partial charge in [0.25, 0.3) is 5.91 Å². The number of aryl methyl sites for hydroxylation is 2. The highest BCUT2D eigenvalue weighted by atomic mass is 16.5. The number of methoxy groups -OCH3 is 1. The molecule has 1 fully saturated rings. The van der Waals surface area contributed by atoms with Crippen LogP contribution >= 0.6 is 0 Å². The van der Waals surface area contributed by atoms with Gasteiger partial charge in [-0.05, 0) is 80.3 Å². The lowest BCUT2D eigenvalue weighted by molar-refractivity contribution is 0.102. The van der Waals surface area contributed by atoms with Gasteiger partial charge in [-0.2, -0.15) is 0 Å². The minimum Gasteiger partial charge on any atom is -0.493 e. The fourth-order valence-corrected chi connectivity index (χ4v) is 3.95. The second-order valence-corrected chi connectivity index (χ2v) is 7.18. The van der Waals surface area contributed by atoms with Crippen LogP contribution in [-0.4, -0.2) is 19.1 Å². The number of rotatable bonds is 5. The summed E-state index contributed by atoms with van der Waals surface area (Å²) in [5, 5.41) is 2.99. The summed E-state index contributed by atoms with van der Waals surface area (Å²) in [6.45, 7) is 0. The molecule has 0 atom stereocenters. The van der Waals surface area contributed by atoms with Gasteiger partial charge in [-0.3, -0.25) is 4.79 Å². The molecule has 1 saturated carbocycles. The summed E-state index contributed by atoms with van der Waals surface area (Å²) in [5.41, 5.74) is 4.11. The van der Waals surface area contributed by atoms with Gasteiger partial charge in [0.05, 0.1) is 13.2 Å². The van der Waals surface area contributed by atoms with E-state index in [0.29, 0.717) is 17.1 Å². The number of hydrogen-bond acceptors (Lipinski definition) is 3. The minimum atomic E-state index is -0.0864. The van der Waals surface area contributed by atoms with E-state index in [2.05, 4.69) is 11.4 Å². The van der Waals surface area contributed by atoms with E-state index in [0.717, 1.165) is 31.4 Å². The molecule has 136 valence electrons. The van der Waals surface area contributed by atoms with Crippen molar-refractivity contribution in [2.75, 3.05) is 12.4 Å². The zero-order valence-electron chi connectivity index (χ0n) is 15.2. The van der Waals surface area contributed by atoms with Gasteiger partial charge in [0.15, 0.2) is 11.5 Å². The number of nitrogens with one attached hydrogen (secondary N) is 1. The molecule has 0 unspecified atom stereocenters. The number of ether oxygens (including phenoxy) is 2. The summed E-state index contributed by atoms with van der Waals surface area (Å²) in [6.07, 6.45) is 8.19. The van der Waals surface area contributed by atoms with E-state index in [9.17, 15) is 4.79 Å². The highest BCUT2D eigenvalue weighted by molar-refractivity contribution is 6.04. The van der Waals surface area contributed by atoms with Crippen LogP contribution in [0.25, 0.3) is 0 Å². The standard InChI is InChI=1S/C22H25NO3/c1-25-20-12-11-18(14-21(20)26-19-7-2-3-8-19)23-22(24)17-10-9-15-5-4-6-16(15)13-17/h9-14,19H,2-8H2,1H3,(H,23,24). The van der Waals surface area contributed by atoms with Crippen LogP contribution in [0.5, 0.6) is 11.5 Å². The zero-order valence-corrected chi connectivity index (χ0v) is 15.2. The van der Waals surface area contributed by atoms with Crippen molar-refractivity contribution in [2.24, 2.45) is 0 Å². The fourth-order valence-electron chi connectivity index (χ4n) is 3.95. The van der Waals surface area contributed by atoms with E-state index < -0.39 is 0 Å². The van der Waals surface area contributed by atoms with Gasteiger partial charge in [-0.25, -0.2) is 0 Å². The summed E-state index contributed by atoms with van der Waals surface area (Å²) in [4.78, 5) is 12.6. The lowest BCUT2D eigenvalue weighted by Gasteiger charge is -2.17. The second-order valence-electron chi connectivity index (χ2n) is 7.18. The Morgan fingerprint density at radius 3 is 2.58 bits per heavy atom. The van der Waals surface area contributed by atoms with Crippen molar-refractivity contribution in [1.29, 1.82) is 0 Å². The Kier molecular flexibility index (Phi) is 4.83. The lowest BCUT2D eigenvalue weighted by Crippen LogP contribution is -2.14. The molecule has 2 aliphatic rings. The molecule has 0 radical (unpaired) electrons. The number of fused-ring (bicyclic) bond motifs is 1. The number of anilines is 1. The summed E-state index contributed by atoms with van der Waals surface area (Å²) in [5.74, 6) is 1.32. The van der Waals surface area contributed by atoms with Crippen LogP contribution in [0.4, 0.5) is 5.69 Å². The van der Waals surface area contributed by atoms with Crippen LogP contribution in [0.3, 0.4) is 0 Å². The first kappa shape index (κ1) is 17.0. The third kappa shape index (κ3) is 3.55. The monoisotopic (exact) mass is 351 g/mol. The first-order chi connectivity index (χ1) is 12.7. The minimum absolute atomic E-state index is 0.0864. The molecular weight excluding hydrogens is 326 g/mol.